The molecule has 1 aromatic heterocycles. The molecule has 1 heterocycles. The Labute approximate surface area is 174 Å². The molecule has 0 fully saturated rings. The quantitative estimate of drug-likeness (QED) is 0.581. The molecule has 0 amide bonds. The highest BCUT2D eigenvalue weighted by atomic mass is 19.3. The van der Waals surface area contributed by atoms with Crippen molar-refractivity contribution in [1.29, 1.82) is 0 Å². The molecule has 1 aliphatic carbocycles. The summed E-state index contributed by atoms with van der Waals surface area (Å²) in [6, 6.07) is 15.6. The molecular formula is C23H25F2N3O2. The molecule has 0 saturated heterocycles. The van der Waals surface area contributed by atoms with E-state index in [1.807, 2.05) is 30.5 Å². The van der Waals surface area contributed by atoms with Gasteiger partial charge >= 0.3 is 6.61 Å². The van der Waals surface area contributed by atoms with Crippen LogP contribution >= 0.6 is 0 Å². The Morgan fingerprint density at radius 3 is 2.73 bits per heavy atom. The van der Waals surface area contributed by atoms with Crippen LogP contribution in [0, 0.1) is 0 Å². The Kier molecular flexibility index (Phi) is 6.28. The Balaban J connectivity index is 1.46. The number of aromatic nitrogens is 2. The fourth-order valence-electron chi connectivity index (χ4n) is 3.98. The first kappa shape index (κ1) is 20.3. The van der Waals surface area contributed by atoms with Crippen molar-refractivity contribution in [2.24, 2.45) is 0 Å². The molecule has 2 aromatic carbocycles. The first-order valence-corrected chi connectivity index (χ1v) is 10.1. The van der Waals surface area contributed by atoms with Gasteiger partial charge in [-0.05, 0) is 42.5 Å². The van der Waals surface area contributed by atoms with Gasteiger partial charge < -0.3 is 14.8 Å². The minimum atomic E-state index is -2.89. The molecule has 7 heteroatoms. The van der Waals surface area contributed by atoms with Crippen molar-refractivity contribution in [3.63, 3.8) is 0 Å². The largest absolute Gasteiger partial charge is 0.493 e. The summed E-state index contributed by atoms with van der Waals surface area (Å²) in [6.07, 6.45) is 5.05. The maximum absolute atomic E-state index is 12.7. The number of rotatable bonds is 8. The molecule has 0 saturated carbocycles. The van der Waals surface area contributed by atoms with Gasteiger partial charge in [0, 0.05) is 23.8 Å². The van der Waals surface area contributed by atoms with Crippen molar-refractivity contribution in [3.05, 3.63) is 77.1 Å². The Morgan fingerprint density at radius 2 is 1.97 bits per heavy atom. The lowest BCUT2D eigenvalue weighted by molar-refractivity contribution is -0.0512. The zero-order valence-corrected chi connectivity index (χ0v) is 16.9. The van der Waals surface area contributed by atoms with Crippen LogP contribution in [0.3, 0.4) is 0 Å². The van der Waals surface area contributed by atoms with E-state index in [-0.39, 0.29) is 11.8 Å². The second-order valence-electron chi connectivity index (χ2n) is 7.38. The van der Waals surface area contributed by atoms with Crippen LogP contribution < -0.4 is 14.8 Å². The molecule has 1 aliphatic rings. The van der Waals surface area contributed by atoms with E-state index in [1.165, 1.54) is 23.9 Å². The van der Waals surface area contributed by atoms with Gasteiger partial charge in [-0.1, -0.05) is 36.4 Å². The topological polar surface area (TPSA) is 48.3 Å². The highest BCUT2D eigenvalue weighted by Gasteiger charge is 2.24. The Hall–Kier alpha value is -2.93. The standard InChI is InChI=1S/C23H25F2N3O2/c1-29-21-11-10-17(12-22(21)30-23(24)25)13-26-19-8-5-9-20-18(19)14-27-28(20)15-16-6-3-2-4-7-16/h2-4,6-7,10-12,14,19,23,26H,5,8-9,13,15H2,1H3. The molecular weight excluding hydrogens is 388 g/mol. The van der Waals surface area contributed by atoms with E-state index in [0.717, 1.165) is 31.4 Å². The van der Waals surface area contributed by atoms with Gasteiger partial charge in [0.1, 0.15) is 0 Å². The van der Waals surface area contributed by atoms with Crippen LogP contribution in [0.15, 0.2) is 54.7 Å². The molecule has 158 valence electrons. The molecule has 30 heavy (non-hydrogen) atoms. The number of methoxy groups -OCH3 is 1. The average Bonchev–Trinajstić information content (AvgIpc) is 3.16. The average molecular weight is 413 g/mol. The maximum atomic E-state index is 12.7. The predicted molar refractivity (Wildman–Crippen MR) is 110 cm³/mol. The molecule has 0 spiro atoms. The third-order valence-corrected chi connectivity index (χ3v) is 5.43. The first-order chi connectivity index (χ1) is 14.6. The van der Waals surface area contributed by atoms with Crippen LogP contribution in [-0.2, 0) is 19.5 Å². The molecule has 1 atom stereocenters. The lowest BCUT2D eigenvalue weighted by atomic mass is 9.92. The van der Waals surface area contributed by atoms with Gasteiger partial charge in [0.05, 0.1) is 19.9 Å². The van der Waals surface area contributed by atoms with Gasteiger partial charge in [0.25, 0.3) is 0 Å². The van der Waals surface area contributed by atoms with Crippen molar-refractivity contribution in [2.45, 2.75) is 45.0 Å². The number of benzene rings is 2. The van der Waals surface area contributed by atoms with E-state index >= 15 is 0 Å². The van der Waals surface area contributed by atoms with E-state index in [2.05, 4.69) is 32.0 Å². The molecule has 0 bridgehead atoms. The number of nitrogens with one attached hydrogen (secondary N) is 1. The SMILES string of the molecule is COc1ccc(CNC2CCCc3c2cnn3Cc2ccccc2)cc1OC(F)F. The van der Waals surface area contributed by atoms with Crippen molar-refractivity contribution < 1.29 is 18.3 Å². The third-order valence-electron chi connectivity index (χ3n) is 5.43. The van der Waals surface area contributed by atoms with Gasteiger partial charge in [0.2, 0.25) is 0 Å². The molecule has 5 nitrogen and oxygen atoms in total. The van der Waals surface area contributed by atoms with Crippen molar-refractivity contribution in [2.75, 3.05) is 7.11 Å². The lowest BCUT2D eigenvalue weighted by Crippen LogP contribution is -2.25. The van der Waals surface area contributed by atoms with Crippen LogP contribution in [0.5, 0.6) is 11.5 Å². The van der Waals surface area contributed by atoms with Gasteiger partial charge in [-0.25, -0.2) is 0 Å². The Bertz CT molecular complexity index is 976. The number of halogens is 2. The van der Waals surface area contributed by atoms with Gasteiger partial charge in [-0.2, -0.15) is 13.9 Å². The summed E-state index contributed by atoms with van der Waals surface area (Å²) in [5.74, 6) is 0.341. The summed E-state index contributed by atoms with van der Waals surface area (Å²) in [6.45, 7) is -1.59. The zero-order valence-electron chi connectivity index (χ0n) is 16.9. The number of fused-ring (bicyclic) bond motifs is 1. The third kappa shape index (κ3) is 4.62. The molecule has 1 unspecified atom stereocenters. The van der Waals surface area contributed by atoms with Gasteiger partial charge in [-0.15, -0.1) is 0 Å². The fourth-order valence-corrected chi connectivity index (χ4v) is 3.98. The summed E-state index contributed by atoms with van der Waals surface area (Å²) in [5, 5.41) is 8.18. The number of nitrogens with zero attached hydrogens (tertiary/aromatic N) is 2. The summed E-state index contributed by atoms with van der Waals surface area (Å²) < 4.78 is 37.1. The van der Waals surface area contributed by atoms with Crippen molar-refractivity contribution in [3.8, 4) is 11.5 Å². The van der Waals surface area contributed by atoms with Crippen LogP contribution in [0.1, 0.15) is 41.3 Å². The smallest absolute Gasteiger partial charge is 0.387 e. The van der Waals surface area contributed by atoms with Crippen molar-refractivity contribution >= 4 is 0 Å². The number of hydrogen-bond donors (Lipinski definition) is 1. The summed E-state index contributed by atoms with van der Waals surface area (Å²) >= 11 is 0. The van der Waals surface area contributed by atoms with Crippen LogP contribution in [0.4, 0.5) is 8.78 Å². The second-order valence-corrected chi connectivity index (χ2v) is 7.38. The number of hydrogen-bond acceptors (Lipinski definition) is 4. The summed E-state index contributed by atoms with van der Waals surface area (Å²) in [4.78, 5) is 0. The van der Waals surface area contributed by atoms with Gasteiger partial charge in [0.15, 0.2) is 11.5 Å². The minimum absolute atomic E-state index is 0.0480. The monoisotopic (exact) mass is 413 g/mol. The lowest BCUT2D eigenvalue weighted by Gasteiger charge is -2.24. The van der Waals surface area contributed by atoms with Crippen molar-refractivity contribution in [1.82, 2.24) is 15.1 Å². The van der Waals surface area contributed by atoms with Crippen LogP contribution in [0.2, 0.25) is 0 Å². The van der Waals surface area contributed by atoms with E-state index in [0.29, 0.717) is 12.3 Å². The molecule has 3 aromatic rings. The van der Waals surface area contributed by atoms with E-state index in [9.17, 15) is 8.78 Å². The van der Waals surface area contributed by atoms with Gasteiger partial charge in [-0.3, -0.25) is 4.68 Å². The highest BCUT2D eigenvalue weighted by molar-refractivity contribution is 5.43. The summed E-state index contributed by atoms with van der Waals surface area (Å²) in [7, 11) is 1.43. The normalized spacial score (nSPS) is 15.8. The van der Waals surface area contributed by atoms with E-state index in [1.54, 1.807) is 12.1 Å². The maximum Gasteiger partial charge on any atom is 0.387 e. The number of ether oxygens (including phenoxy) is 2. The molecule has 1 N–H and O–H groups in total. The minimum Gasteiger partial charge on any atom is -0.493 e. The molecule has 0 radical (unpaired) electrons. The van der Waals surface area contributed by atoms with E-state index < -0.39 is 6.61 Å². The predicted octanol–water partition coefficient (Wildman–Crippen LogP) is 4.71. The van der Waals surface area contributed by atoms with Crippen LogP contribution in [-0.4, -0.2) is 23.5 Å². The second kappa shape index (κ2) is 9.26. The highest BCUT2D eigenvalue weighted by Crippen LogP contribution is 2.32. The first-order valence-electron chi connectivity index (χ1n) is 10.1. The summed E-state index contributed by atoms with van der Waals surface area (Å²) in [5.41, 5.74) is 4.56. The Morgan fingerprint density at radius 1 is 1.13 bits per heavy atom. The fraction of sp³-hybridized carbons (Fsp3) is 0.348. The molecule has 4 rings (SSSR count). The molecule has 0 aliphatic heterocycles. The van der Waals surface area contributed by atoms with Crippen LogP contribution in [0.25, 0.3) is 0 Å². The zero-order chi connectivity index (χ0) is 20.9. The van der Waals surface area contributed by atoms with E-state index in [4.69, 9.17) is 4.74 Å². The number of alkyl halides is 2.